The van der Waals surface area contributed by atoms with Gasteiger partial charge in [0, 0.05) is 16.2 Å². The summed E-state index contributed by atoms with van der Waals surface area (Å²) >= 11 is 2.81. The van der Waals surface area contributed by atoms with Crippen molar-refractivity contribution in [3.05, 3.63) is 63.6 Å². The van der Waals surface area contributed by atoms with Crippen molar-refractivity contribution in [1.29, 1.82) is 0 Å². The number of thiophene rings is 1. The number of nitrogens with one attached hydrogen (secondary N) is 3. The number of aromatic amines is 1. The first-order chi connectivity index (χ1) is 12.1. The molecule has 2 aromatic heterocycles. The number of carbonyl (C=O) groups excluding carboxylic acids is 2. The van der Waals surface area contributed by atoms with E-state index in [4.69, 9.17) is 0 Å². The summed E-state index contributed by atoms with van der Waals surface area (Å²) in [6, 6.07) is 10.8. The van der Waals surface area contributed by atoms with Gasteiger partial charge >= 0.3 is 0 Å². The van der Waals surface area contributed by atoms with E-state index in [0.717, 1.165) is 10.4 Å². The molecule has 0 aliphatic heterocycles. The molecule has 0 atom stereocenters. The van der Waals surface area contributed by atoms with Crippen LogP contribution in [0.4, 0.5) is 0 Å². The number of aryl methyl sites for hydroxylation is 1. The minimum absolute atomic E-state index is 0.333. The van der Waals surface area contributed by atoms with Crippen LogP contribution in [0.3, 0.4) is 0 Å². The van der Waals surface area contributed by atoms with E-state index in [0.29, 0.717) is 21.3 Å². The molecule has 3 N–H and O–H groups in total. The summed E-state index contributed by atoms with van der Waals surface area (Å²) in [6.45, 7) is 1.92. The Labute approximate surface area is 152 Å². The first kappa shape index (κ1) is 17.2. The highest BCUT2D eigenvalue weighted by Gasteiger charge is 2.14. The summed E-state index contributed by atoms with van der Waals surface area (Å²) < 4.78 is 0. The average Bonchev–Trinajstić information content (AvgIpc) is 3.29. The van der Waals surface area contributed by atoms with Crippen molar-refractivity contribution >= 4 is 34.9 Å². The first-order valence-corrected chi connectivity index (χ1v) is 9.17. The van der Waals surface area contributed by atoms with Crippen molar-refractivity contribution in [3.8, 4) is 0 Å². The fourth-order valence-electron chi connectivity index (χ4n) is 2.08. The van der Waals surface area contributed by atoms with Gasteiger partial charge in [0.2, 0.25) is 0 Å². The molecule has 1 aromatic carbocycles. The molecule has 0 saturated heterocycles. The van der Waals surface area contributed by atoms with Crippen LogP contribution in [-0.2, 0) is 5.75 Å². The molecule has 0 radical (unpaired) electrons. The Morgan fingerprint density at radius 3 is 2.68 bits per heavy atom. The normalized spacial score (nSPS) is 10.4. The topological polar surface area (TPSA) is 99.8 Å². The van der Waals surface area contributed by atoms with Crippen LogP contribution >= 0.6 is 23.1 Å². The molecule has 9 heteroatoms. The fourth-order valence-corrected chi connectivity index (χ4v) is 3.62. The third-order valence-electron chi connectivity index (χ3n) is 3.27. The summed E-state index contributed by atoms with van der Waals surface area (Å²) in [5.74, 6) is -0.146. The SMILES string of the molecule is Cc1ccc(C(=O)NNC(=O)c2ccccc2CSc2ncn[nH]2)s1. The molecular weight excluding hydrogens is 358 g/mol. The van der Waals surface area contributed by atoms with Crippen LogP contribution in [0.15, 0.2) is 47.9 Å². The van der Waals surface area contributed by atoms with Crippen molar-refractivity contribution in [3.63, 3.8) is 0 Å². The van der Waals surface area contributed by atoms with Crippen LogP contribution in [0.1, 0.15) is 30.5 Å². The molecule has 0 saturated carbocycles. The molecule has 128 valence electrons. The zero-order valence-corrected chi connectivity index (χ0v) is 14.9. The van der Waals surface area contributed by atoms with E-state index in [1.807, 2.05) is 25.1 Å². The number of nitrogens with zero attached hydrogens (tertiary/aromatic N) is 2. The molecule has 25 heavy (non-hydrogen) atoms. The Hall–Kier alpha value is -2.65. The van der Waals surface area contributed by atoms with E-state index in [2.05, 4.69) is 26.0 Å². The number of H-pyrrole nitrogens is 1. The standard InChI is InChI=1S/C16H15N5O2S2/c1-10-6-7-13(25-10)15(23)20-19-14(22)12-5-3-2-4-11(12)8-24-16-17-9-18-21-16/h2-7,9H,8H2,1H3,(H,19,22)(H,20,23)(H,17,18,21). The highest BCUT2D eigenvalue weighted by Crippen LogP contribution is 2.21. The summed E-state index contributed by atoms with van der Waals surface area (Å²) in [6.07, 6.45) is 1.43. The Morgan fingerprint density at radius 1 is 1.16 bits per heavy atom. The Bertz CT molecular complexity index is 876. The zero-order chi connectivity index (χ0) is 17.6. The van der Waals surface area contributed by atoms with Crippen molar-refractivity contribution < 1.29 is 9.59 Å². The summed E-state index contributed by atoms with van der Waals surface area (Å²) in [5.41, 5.74) is 6.24. The van der Waals surface area contributed by atoms with Crippen LogP contribution in [-0.4, -0.2) is 27.0 Å². The van der Waals surface area contributed by atoms with Gasteiger partial charge < -0.3 is 0 Å². The second-order valence-corrected chi connectivity index (χ2v) is 7.31. The van der Waals surface area contributed by atoms with E-state index in [1.54, 1.807) is 18.2 Å². The Morgan fingerprint density at radius 2 is 1.96 bits per heavy atom. The Balaban J connectivity index is 1.62. The van der Waals surface area contributed by atoms with Crippen molar-refractivity contribution in [2.24, 2.45) is 0 Å². The summed E-state index contributed by atoms with van der Waals surface area (Å²) in [7, 11) is 0. The van der Waals surface area contributed by atoms with Crippen LogP contribution in [0, 0.1) is 6.92 Å². The molecule has 0 spiro atoms. The van der Waals surface area contributed by atoms with Crippen LogP contribution in [0.25, 0.3) is 0 Å². The third-order valence-corrected chi connectivity index (χ3v) is 5.20. The number of amides is 2. The second kappa shape index (κ2) is 7.95. The molecular formula is C16H15N5O2S2. The number of carbonyl (C=O) groups is 2. The smallest absolute Gasteiger partial charge is 0.267 e. The maximum absolute atomic E-state index is 12.4. The highest BCUT2D eigenvalue weighted by atomic mass is 32.2. The molecule has 2 heterocycles. The quantitative estimate of drug-likeness (QED) is 0.471. The van der Waals surface area contributed by atoms with Gasteiger partial charge in [-0.25, -0.2) is 4.98 Å². The number of rotatable bonds is 5. The van der Waals surface area contributed by atoms with Gasteiger partial charge in [0.25, 0.3) is 11.8 Å². The largest absolute Gasteiger partial charge is 0.279 e. The van der Waals surface area contributed by atoms with Gasteiger partial charge in [0.1, 0.15) is 6.33 Å². The predicted octanol–water partition coefficient (Wildman–Crippen LogP) is 2.54. The number of aromatic nitrogens is 3. The van der Waals surface area contributed by atoms with Crippen molar-refractivity contribution in [2.75, 3.05) is 0 Å². The Kier molecular flexibility index (Phi) is 5.46. The van der Waals surface area contributed by atoms with Crippen LogP contribution in [0.2, 0.25) is 0 Å². The third kappa shape index (κ3) is 4.46. The van der Waals surface area contributed by atoms with Crippen molar-refractivity contribution in [2.45, 2.75) is 17.8 Å². The molecule has 0 aliphatic carbocycles. The monoisotopic (exact) mass is 373 g/mol. The van der Waals surface area contributed by atoms with E-state index in [9.17, 15) is 9.59 Å². The lowest BCUT2D eigenvalue weighted by Crippen LogP contribution is -2.41. The lowest BCUT2D eigenvalue weighted by atomic mass is 10.1. The van der Waals surface area contributed by atoms with E-state index in [-0.39, 0.29) is 11.8 Å². The van der Waals surface area contributed by atoms with Crippen LogP contribution < -0.4 is 10.9 Å². The van der Waals surface area contributed by atoms with Gasteiger partial charge in [-0.1, -0.05) is 30.0 Å². The van der Waals surface area contributed by atoms with Gasteiger partial charge in [0.15, 0.2) is 5.16 Å². The maximum atomic E-state index is 12.4. The first-order valence-electron chi connectivity index (χ1n) is 7.36. The highest BCUT2D eigenvalue weighted by molar-refractivity contribution is 7.98. The molecule has 7 nitrogen and oxygen atoms in total. The van der Waals surface area contributed by atoms with E-state index >= 15 is 0 Å². The van der Waals surface area contributed by atoms with E-state index in [1.165, 1.54) is 29.4 Å². The minimum Gasteiger partial charge on any atom is -0.267 e. The number of hydrogen-bond donors (Lipinski definition) is 3. The van der Waals surface area contributed by atoms with Gasteiger partial charge in [-0.15, -0.1) is 11.3 Å². The molecule has 2 amide bonds. The number of hydrazine groups is 1. The van der Waals surface area contributed by atoms with Gasteiger partial charge in [-0.3, -0.25) is 25.5 Å². The second-order valence-electron chi connectivity index (χ2n) is 5.05. The summed E-state index contributed by atoms with van der Waals surface area (Å²) in [5, 5.41) is 7.23. The van der Waals surface area contributed by atoms with Crippen molar-refractivity contribution in [1.82, 2.24) is 26.0 Å². The molecule has 0 aliphatic rings. The number of benzene rings is 1. The molecule has 3 rings (SSSR count). The van der Waals surface area contributed by atoms with Gasteiger partial charge in [-0.05, 0) is 30.7 Å². The van der Waals surface area contributed by atoms with Gasteiger partial charge in [0.05, 0.1) is 4.88 Å². The van der Waals surface area contributed by atoms with E-state index < -0.39 is 0 Å². The zero-order valence-electron chi connectivity index (χ0n) is 13.3. The number of hydrogen-bond acceptors (Lipinski definition) is 6. The lowest BCUT2D eigenvalue weighted by molar-refractivity contribution is 0.0848. The molecule has 0 fully saturated rings. The fraction of sp³-hybridized carbons (Fsp3) is 0.125. The number of thioether (sulfide) groups is 1. The maximum Gasteiger partial charge on any atom is 0.279 e. The molecule has 0 bridgehead atoms. The molecule has 0 unspecified atom stereocenters. The molecule has 3 aromatic rings. The average molecular weight is 373 g/mol. The predicted molar refractivity (Wildman–Crippen MR) is 96.4 cm³/mol. The van der Waals surface area contributed by atoms with Crippen LogP contribution in [0.5, 0.6) is 0 Å². The minimum atomic E-state index is -0.365. The van der Waals surface area contributed by atoms with Gasteiger partial charge in [-0.2, -0.15) is 5.10 Å². The lowest BCUT2D eigenvalue weighted by Gasteiger charge is -2.10. The summed E-state index contributed by atoms with van der Waals surface area (Å²) in [4.78, 5) is 30.0.